The van der Waals surface area contributed by atoms with Crippen LogP contribution in [0.25, 0.3) is 0 Å². The number of nitrogens with zero attached hydrogens (tertiary/aromatic N) is 1. The van der Waals surface area contributed by atoms with Crippen LogP contribution in [0.3, 0.4) is 0 Å². The summed E-state index contributed by atoms with van der Waals surface area (Å²) in [5.41, 5.74) is 0. The van der Waals surface area contributed by atoms with Gasteiger partial charge in [0.25, 0.3) is 0 Å². The third kappa shape index (κ3) is 59.1. The van der Waals surface area contributed by atoms with Crippen LogP contribution in [0.4, 0.5) is 0 Å². The molecule has 9 heteroatoms. The van der Waals surface area contributed by atoms with Gasteiger partial charge < -0.3 is 19.8 Å². The van der Waals surface area contributed by atoms with Crippen molar-refractivity contribution in [1.82, 2.24) is 5.32 Å². The minimum Gasteiger partial charge on any atom is -0.391 e. The van der Waals surface area contributed by atoms with Crippen molar-refractivity contribution < 1.29 is 32.9 Å². The average molecular weight is 1080 g/mol. The third-order valence-electron chi connectivity index (χ3n) is 13.8. The highest BCUT2D eigenvalue weighted by molar-refractivity contribution is 7.47. The fourth-order valence-electron chi connectivity index (χ4n) is 8.95. The highest BCUT2D eigenvalue weighted by Crippen LogP contribution is 2.43. The van der Waals surface area contributed by atoms with Gasteiger partial charge in [0.1, 0.15) is 13.2 Å². The fraction of sp³-hybridized carbons (Fsp3) is 0.746. The molecule has 0 aromatic carbocycles. The highest BCUT2D eigenvalue weighted by Gasteiger charge is 2.28. The number of phosphoric ester groups is 1. The van der Waals surface area contributed by atoms with Gasteiger partial charge in [-0.25, -0.2) is 4.57 Å². The molecule has 0 aromatic rings. The first-order chi connectivity index (χ1) is 37.0. The molecule has 0 radical (unpaired) electrons. The summed E-state index contributed by atoms with van der Waals surface area (Å²) in [6, 6.07) is -0.773. The van der Waals surface area contributed by atoms with E-state index in [4.69, 9.17) is 9.05 Å². The van der Waals surface area contributed by atoms with Crippen molar-refractivity contribution in [1.29, 1.82) is 0 Å². The number of quaternary nitrogens is 1. The molecular weight excluding hydrogens is 960 g/mol. The van der Waals surface area contributed by atoms with Crippen LogP contribution in [0.2, 0.25) is 0 Å². The second-order valence-corrected chi connectivity index (χ2v) is 23.9. The molecule has 0 saturated carbocycles. The molecule has 3 N–H and O–H groups in total. The molecule has 76 heavy (non-hydrogen) atoms. The topological polar surface area (TPSA) is 105 Å². The lowest BCUT2D eigenvalue weighted by Crippen LogP contribution is -2.46. The van der Waals surface area contributed by atoms with Gasteiger partial charge in [0.2, 0.25) is 5.91 Å². The summed E-state index contributed by atoms with van der Waals surface area (Å²) in [7, 11) is 1.60. The molecule has 3 atom stereocenters. The average Bonchev–Trinajstić information content (AvgIpc) is 3.38. The van der Waals surface area contributed by atoms with Gasteiger partial charge in [-0.05, 0) is 77.0 Å². The monoisotopic (exact) mass is 1080 g/mol. The number of carbonyl (C=O) groups is 1. The van der Waals surface area contributed by atoms with Crippen LogP contribution in [0.1, 0.15) is 271 Å². The van der Waals surface area contributed by atoms with Gasteiger partial charge in [-0.2, -0.15) is 0 Å². The predicted molar refractivity (Wildman–Crippen MR) is 332 cm³/mol. The van der Waals surface area contributed by atoms with E-state index in [9.17, 15) is 19.4 Å². The van der Waals surface area contributed by atoms with Crippen LogP contribution < -0.4 is 5.32 Å². The lowest BCUT2D eigenvalue weighted by Gasteiger charge is -2.26. The zero-order valence-corrected chi connectivity index (χ0v) is 51.1. The molecule has 0 rings (SSSR count). The molecule has 0 aliphatic rings. The second kappa shape index (κ2) is 57.1. The zero-order valence-electron chi connectivity index (χ0n) is 50.2. The van der Waals surface area contributed by atoms with Crippen LogP contribution in [0.15, 0.2) is 97.2 Å². The lowest BCUT2D eigenvalue weighted by molar-refractivity contribution is -0.870. The first-order valence-corrected chi connectivity index (χ1v) is 33.1. The molecule has 0 aliphatic heterocycles. The van der Waals surface area contributed by atoms with E-state index in [-0.39, 0.29) is 19.1 Å². The molecule has 3 unspecified atom stereocenters. The molecule has 0 saturated heterocycles. The number of amides is 1. The van der Waals surface area contributed by atoms with Gasteiger partial charge in [-0.1, -0.05) is 284 Å². The van der Waals surface area contributed by atoms with Crippen LogP contribution >= 0.6 is 7.82 Å². The predicted octanol–water partition coefficient (Wildman–Crippen LogP) is 19.8. The summed E-state index contributed by atoms with van der Waals surface area (Å²) < 4.78 is 23.8. The van der Waals surface area contributed by atoms with Crippen LogP contribution in [0.5, 0.6) is 0 Å². The van der Waals surface area contributed by atoms with E-state index >= 15 is 0 Å². The largest absolute Gasteiger partial charge is 0.472 e. The van der Waals surface area contributed by atoms with Crippen molar-refractivity contribution in [3.8, 4) is 0 Å². The lowest BCUT2D eigenvalue weighted by atomic mass is 10.0. The van der Waals surface area contributed by atoms with Gasteiger partial charge in [0.05, 0.1) is 39.9 Å². The van der Waals surface area contributed by atoms with Crippen molar-refractivity contribution in [3.63, 3.8) is 0 Å². The highest BCUT2D eigenvalue weighted by atomic mass is 31.2. The van der Waals surface area contributed by atoms with Crippen molar-refractivity contribution in [3.05, 3.63) is 97.2 Å². The number of unbranched alkanes of at least 4 members (excludes halogenated alkanes) is 28. The van der Waals surface area contributed by atoms with Gasteiger partial charge in [-0.3, -0.25) is 13.8 Å². The molecule has 1 amide bonds. The van der Waals surface area contributed by atoms with E-state index in [1.54, 1.807) is 0 Å². The Morgan fingerprint density at radius 2 is 0.789 bits per heavy atom. The molecular formula is C67H122N2O6P+. The van der Waals surface area contributed by atoms with E-state index in [2.05, 4.69) is 116 Å². The Balaban J connectivity index is 4.16. The molecule has 0 bridgehead atoms. The van der Waals surface area contributed by atoms with Crippen molar-refractivity contribution in [2.75, 3.05) is 40.9 Å². The summed E-state index contributed by atoms with van der Waals surface area (Å²) in [6.07, 6.45) is 81.8. The number of hydrogen-bond donors (Lipinski definition) is 3. The number of likely N-dealkylation sites (N-methyl/N-ethyl adjacent to an activating group) is 1. The maximum absolute atomic E-state index is 13.0. The van der Waals surface area contributed by atoms with Gasteiger partial charge in [0.15, 0.2) is 0 Å². The summed E-state index contributed by atoms with van der Waals surface area (Å²) in [5.74, 6) is -0.154. The maximum Gasteiger partial charge on any atom is 0.472 e. The van der Waals surface area contributed by atoms with E-state index in [1.165, 1.54) is 148 Å². The van der Waals surface area contributed by atoms with E-state index in [0.717, 1.165) is 96.3 Å². The molecule has 0 spiro atoms. The SMILES string of the molecule is CC/C=C\C/C=C\C/C=C\C/C=C\C/C=C\C/C=C\C/C=C\C/C=C\CCCCCCCCCCC(=O)NC(COP(=O)(O)OCC[N+](C)(C)C)C(O)CCCCCCCCCCCCCCCCCCCCCCC. The third-order valence-corrected chi connectivity index (χ3v) is 14.8. The maximum atomic E-state index is 13.0. The normalized spacial score (nSPS) is 14.5. The van der Waals surface area contributed by atoms with Gasteiger partial charge in [-0.15, -0.1) is 0 Å². The van der Waals surface area contributed by atoms with Crippen molar-refractivity contribution in [2.24, 2.45) is 0 Å². The smallest absolute Gasteiger partial charge is 0.391 e. The van der Waals surface area contributed by atoms with Crippen LogP contribution in [-0.2, 0) is 18.4 Å². The Hall–Kier alpha value is -2.58. The standard InChI is InChI=1S/C67H121N2O6P/c1-6-8-10-12-14-16-18-20-22-24-26-28-29-30-31-32-33-34-35-36-37-38-39-41-43-45-47-49-51-53-55-57-59-61-67(71)68-65(64-75-76(72,73)74-63-62-69(3,4)5)66(70)60-58-56-54-52-50-48-46-44-42-40-27-25-23-21-19-17-15-13-11-9-7-2/h8,10,14,16,20,22,26,28,30-31,33-34,36-37,39,41,65-66,70H,6-7,9,11-13,15,17-19,21,23-25,27,29,32,35,38,40,42-64H2,1-5H3,(H-,68,71,72,73)/p+1/b10-8-,16-14-,22-20-,28-26-,31-30-,34-33-,37-36-,41-39-. The van der Waals surface area contributed by atoms with Crippen LogP contribution in [0, 0.1) is 0 Å². The summed E-state index contributed by atoms with van der Waals surface area (Å²) >= 11 is 0. The second-order valence-electron chi connectivity index (χ2n) is 22.4. The first-order valence-electron chi connectivity index (χ1n) is 31.6. The van der Waals surface area contributed by atoms with Gasteiger partial charge >= 0.3 is 7.82 Å². The molecule has 0 aliphatic carbocycles. The van der Waals surface area contributed by atoms with E-state index in [1.807, 2.05) is 21.1 Å². The van der Waals surface area contributed by atoms with E-state index < -0.39 is 20.0 Å². The first kappa shape index (κ1) is 73.4. The number of aliphatic hydroxyl groups excluding tert-OH is 1. The Morgan fingerprint density at radius 1 is 0.461 bits per heavy atom. The number of allylic oxidation sites excluding steroid dienone is 16. The Labute approximate surface area is 470 Å². The molecule has 0 heterocycles. The minimum atomic E-state index is -4.34. The summed E-state index contributed by atoms with van der Waals surface area (Å²) in [5, 5.41) is 14.1. The molecule has 440 valence electrons. The Kier molecular flexibility index (Phi) is 55.2. The van der Waals surface area contributed by atoms with Crippen molar-refractivity contribution >= 4 is 13.7 Å². The fourth-order valence-corrected chi connectivity index (χ4v) is 9.68. The number of hydrogen-bond acceptors (Lipinski definition) is 5. The minimum absolute atomic E-state index is 0.0688. The molecule has 0 aromatic heterocycles. The molecule has 8 nitrogen and oxygen atoms in total. The van der Waals surface area contributed by atoms with Crippen LogP contribution in [-0.4, -0.2) is 73.4 Å². The van der Waals surface area contributed by atoms with Crippen molar-refractivity contribution in [2.45, 2.75) is 283 Å². The summed E-state index contributed by atoms with van der Waals surface area (Å²) in [6.45, 7) is 4.78. The number of carbonyl (C=O) groups excluding carboxylic acids is 1. The zero-order chi connectivity index (χ0) is 55.6. The Bertz CT molecular complexity index is 1560. The van der Waals surface area contributed by atoms with Gasteiger partial charge in [0, 0.05) is 6.42 Å². The quantitative estimate of drug-likeness (QED) is 0.0243. The molecule has 0 fully saturated rings. The number of rotatable bonds is 57. The number of phosphoric acid groups is 1. The van der Waals surface area contributed by atoms with E-state index in [0.29, 0.717) is 23.9 Å². The summed E-state index contributed by atoms with van der Waals surface area (Å²) in [4.78, 5) is 23.4. The Morgan fingerprint density at radius 3 is 1.16 bits per heavy atom. The number of aliphatic hydroxyl groups is 1. The number of nitrogens with one attached hydrogen (secondary N) is 1.